The van der Waals surface area contributed by atoms with E-state index in [0.29, 0.717) is 14.3 Å². The van der Waals surface area contributed by atoms with Gasteiger partial charge in [-0.3, -0.25) is 9.36 Å². The van der Waals surface area contributed by atoms with E-state index in [4.69, 9.17) is 11.6 Å². The lowest BCUT2D eigenvalue weighted by atomic mass is 10.0. The zero-order valence-corrected chi connectivity index (χ0v) is 21.3. The number of aliphatic hydroxyl groups is 1. The van der Waals surface area contributed by atoms with Gasteiger partial charge in [0.25, 0.3) is 0 Å². The number of hydrogen-bond acceptors (Lipinski definition) is 6. The van der Waals surface area contributed by atoms with Crippen molar-refractivity contribution in [3.63, 3.8) is 0 Å². The third-order valence-corrected chi connectivity index (χ3v) is 6.05. The molecule has 2 aromatic heterocycles. The molecule has 0 amide bonds. The lowest BCUT2D eigenvalue weighted by molar-refractivity contribution is -0.207. The molecule has 0 aliphatic carbocycles. The van der Waals surface area contributed by atoms with E-state index in [2.05, 4.69) is 15.2 Å². The molecule has 0 saturated carbocycles. The van der Waals surface area contributed by atoms with Gasteiger partial charge in [0, 0.05) is 17.0 Å². The molecule has 17 heteroatoms. The highest BCUT2D eigenvalue weighted by Gasteiger charge is 2.39. The van der Waals surface area contributed by atoms with Crippen molar-refractivity contribution in [3.05, 3.63) is 86.8 Å². The zero-order chi connectivity index (χ0) is 30.1. The van der Waals surface area contributed by atoms with Crippen molar-refractivity contribution in [3.8, 4) is 11.4 Å². The molecule has 218 valence electrons. The van der Waals surface area contributed by atoms with Gasteiger partial charge in [-0.25, -0.2) is 19.1 Å². The van der Waals surface area contributed by atoms with Crippen LogP contribution in [-0.2, 0) is 37.0 Å². The van der Waals surface area contributed by atoms with E-state index >= 15 is 0 Å². The third-order valence-electron chi connectivity index (χ3n) is 5.80. The fourth-order valence-corrected chi connectivity index (χ4v) is 4.06. The SMILES string of the molecule is O=C(O)Cn1nc(Cn2nc(-c3ccc(Cl)cc3)n(CC(O)C(F)(F)F)c2=O)nc1Cc1ccccc1C(F)(F)F. The first-order chi connectivity index (χ1) is 19.1. The summed E-state index contributed by atoms with van der Waals surface area (Å²) in [5, 5.41) is 27.2. The highest BCUT2D eigenvalue weighted by molar-refractivity contribution is 6.30. The van der Waals surface area contributed by atoms with Gasteiger partial charge < -0.3 is 10.2 Å². The molecule has 4 aromatic rings. The molecule has 0 saturated heterocycles. The molecule has 41 heavy (non-hydrogen) atoms. The summed E-state index contributed by atoms with van der Waals surface area (Å²) in [7, 11) is 0. The Balaban J connectivity index is 1.74. The minimum Gasteiger partial charge on any atom is -0.480 e. The average molecular weight is 605 g/mol. The Labute approximate surface area is 231 Å². The second kappa shape index (κ2) is 11.4. The number of benzene rings is 2. The summed E-state index contributed by atoms with van der Waals surface area (Å²) in [6, 6.07) is 10.2. The molecule has 0 fully saturated rings. The highest BCUT2D eigenvalue weighted by atomic mass is 35.5. The maximum atomic E-state index is 13.5. The Kier molecular flexibility index (Phi) is 8.26. The molecule has 2 N–H and O–H groups in total. The smallest absolute Gasteiger partial charge is 0.416 e. The fourth-order valence-electron chi connectivity index (χ4n) is 3.93. The van der Waals surface area contributed by atoms with Gasteiger partial charge in [-0.1, -0.05) is 29.8 Å². The first-order valence-electron chi connectivity index (χ1n) is 11.6. The summed E-state index contributed by atoms with van der Waals surface area (Å²) in [5.74, 6) is -2.04. The van der Waals surface area contributed by atoms with E-state index in [1.165, 1.54) is 42.5 Å². The largest absolute Gasteiger partial charge is 0.480 e. The van der Waals surface area contributed by atoms with E-state index in [9.17, 15) is 46.1 Å². The number of aliphatic carboxylic acids is 1. The second-order valence-electron chi connectivity index (χ2n) is 8.77. The number of alkyl halides is 6. The molecule has 1 atom stereocenters. The van der Waals surface area contributed by atoms with Crippen LogP contribution in [0, 0.1) is 0 Å². The molecule has 0 aliphatic rings. The summed E-state index contributed by atoms with van der Waals surface area (Å²) in [5.41, 5.74) is -2.07. The summed E-state index contributed by atoms with van der Waals surface area (Å²) in [4.78, 5) is 28.6. The molecular weight excluding hydrogens is 586 g/mol. The number of rotatable bonds is 9. The van der Waals surface area contributed by atoms with Gasteiger partial charge in [0.05, 0.1) is 12.1 Å². The monoisotopic (exact) mass is 604 g/mol. The van der Waals surface area contributed by atoms with Gasteiger partial charge in [0.1, 0.15) is 18.9 Å². The van der Waals surface area contributed by atoms with Crippen molar-refractivity contribution in [1.82, 2.24) is 29.1 Å². The van der Waals surface area contributed by atoms with E-state index in [-0.39, 0.29) is 28.6 Å². The van der Waals surface area contributed by atoms with Crippen molar-refractivity contribution in [2.24, 2.45) is 0 Å². The molecule has 0 bridgehead atoms. The number of carbonyl (C=O) groups is 1. The van der Waals surface area contributed by atoms with Crippen LogP contribution in [0.5, 0.6) is 0 Å². The normalized spacial score (nSPS) is 13.0. The van der Waals surface area contributed by atoms with Gasteiger partial charge in [-0.05, 0) is 35.9 Å². The number of carboxylic acids is 1. The number of aromatic nitrogens is 6. The number of nitrogens with zero attached hydrogens (tertiary/aromatic N) is 6. The molecule has 0 aliphatic heterocycles. The zero-order valence-electron chi connectivity index (χ0n) is 20.6. The minimum atomic E-state index is -5.04. The van der Waals surface area contributed by atoms with Gasteiger partial charge in [0.2, 0.25) is 0 Å². The van der Waals surface area contributed by atoms with E-state index in [1.54, 1.807) is 0 Å². The standard InChI is InChI=1S/C24H19ClF6N6O4/c25-15-7-5-13(6-8-15)21-34-37(22(41)35(21)10-17(38)24(29,30)31)11-18-32-19(36(33-18)12-20(39)40)9-14-3-1-2-4-16(14)23(26,27)28/h1-8,17,38H,9-12H2,(H,39,40). The molecule has 2 heterocycles. The maximum absolute atomic E-state index is 13.5. The second-order valence-corrected chi connectivity index (χ2v) is 9.20. The van der Waals surface area contributed by atoms with Crippen LogP contribution in [-0.4, -0.2) is 57.6 Å². The average Bonchev–Trinajstić information content (AvgIpc) is 3.38. The third kappa shape index (κ3) is 6.94. The minimum absolute atomic E-state index is 0.169. The number of carboxylic acid groups (broad SMARTS) is 1. The van der Waals surface area contributed by atoms with E-state index in [0.717, 1.165) is 10.7 Å². The van der Waals surface area contributed by atoms with Crippen LogP contribution >= 0.6 is 11.6 Å². The molecule has 1 unspecified atom stereocenters. The Morgan fingerprint density at radius 1 is 0.976 bits per heavy atom. The van der Waals surface area contributed by atoms with E-state index < -0.39 is 61.7 Å². The Morgan fingerprint density at radius 2 is 1.63 bits per heavy atom. The van der Waals surface area contributed by atoms with Crippen molar-refractivity contribution < 1.29 is 41.4 Å². The van der Waals surface area contributed by atoms with Crippen LogP contribution in [0.4, 0.5) is 26.3 Å². The van der Waals surface area contributed by atoms with Crippen LogP contribution < -0.4 is 5.69 Å². The lowest BCUT2D eigenvalue weighted by Crippen LogP contribution is -2.37. The van der Waals surface area contributed by atoms with Crippen LogP contribution in [0.25, 0.3) is 11.4 Å². The van der Waals surface area contributed by atoms with Gasteiger partial charge in [-0.15, -0.1) is 5.10 Å². The number of aliphatic hydroxyl groups excluding tert-OH is 1. The van der Waals surface area contributed by atoms with Crippen LogP contribution in [0.15, 0.2) is 53.3 Å². The summed E-state index contributed by atoms with van der Waals surface area (Å²) in [6.45, 7) is -2.54. The topological polar surface area (TPSA) is 128 Å². The summed E-state index contributed by atoms with van der Waals surface area (Å²) >= 11 is 5.87. The van der Waals surface area contributed by atoms with Crippen molar-refractivity contribution >= 4 is 17.6 Å². The van der Waals surface area contributed by atoms with Crippen molar-refractivity contribution in [2.75, 3.05) is 0 Å². The predicted molar refractivity (Wildman–Crippen MR) is 130 cm³/mol. The van der Waals surface area contributed by atoms with Crippen LogP contribution in [0.3, 0.4) is 0 Å². The number of halogens is 7. The van der Waals surface area contributed by atoms with Crippen LogP contribution in [0.1, 0.15) is 22.8 Å². The van der Waals surface area contributed by atoms with Gasteiger partial charge >= 0.3 is 24.0 Å². The van der Waals surface area contributed by atoms with E-state index in [1.807, 2.05) is 0 Å². The molecule has 2 aromatic carbocycles. The van der Waals surface area contributed by atoms with Crippen LogP contribution in [0.2, 0.25) is 5.02 Å². The molecule has 0 radical (unpaired) electrons. The first kappa shape index (κ1) is 29.8. The Bertz CT molecular complexity index is 1610. The Morgan fingerprint density at radius 3 is 2.24 bits per heavy atom. The Hall–Kier alpha value is -4.18. The predicted octanol–water partition coefficient (Wildman–Crippen LogP) is 3.62. The molecular formula is C24H19ClF6N6O4. The summed E-state index contributed by atoms with van der Waals surface area (Å²) in [6.07, 6.45) is -13.1. The van der Waals surface area contributed by atoms with Gasteiger partial charge in [-0.2, -0.15) is 31.4 Å². The summed E-state index contributed by atoms with van der Waals surface area (Å²) < 4.78 is 81.9. The van der Waals surface area contributed by atoms with Gasteiger partial charge in [0.15, 0.2) is 17.8 Å². The quantitative estimate of drug-likeness (QED) is 0.279. The molecule has 0 spiro atoms. The fraction of sp³-hybridized carbons (Fsp3) is 0.292. The molecule has 10 nitrogen and oxygen atoms in total. The van der Waals surface area contributed by atoms with Crippen molar-refractivity contribution in [2.45, 2.75) is 44.5 Å². The maximum Gasteiger partial charge on any atom is 0.416 e. The number of hydrogen-bond donors (Lipinski definition) is 2. The highest BCUT2D eigenvalue weighted by Crippen LogP contribution is 2.32. The molecule has 4 rings (SSSR count). The first-order valence-corrected chi connectivity index (χ1v) is 12.0. The lowest BCUT2D eigenvalue weighted by Gasteiger charge is -2.15. The van der Waals surface area contributed by atoms with Crippen molar-refractivity contribution in [1.29, 1.82) is 0 Å².